The third-order valence-electron chi connectivity index (χ3n) is 2.29. The lowest BCUT2D eigenvalue weighted by atomic mass is 10.4. The highest BCUT2D eigenvalue weighted by Crippen LogP contribution is 2.07. The van der Waals surface area contributed by atoms with Crippen molar-refractivity contribution in [3.05, 3.63) is 42.1 Å². The van der Waals surface area contributed by atoms with E-state index in [4.69, 9.17) is 0 Å². The van der Waals surface area contributed by atoms with Crippen molar-refractivity contribution in [3.63, 3.8) is 0 Å². The summed E-state index contributed by atoms with van der Waals surface area (Å²) in [5.41, 5.74) is 1.52. The molecule has 0 aliphatic heterocycles. The van der Waals surface area contributed by atoms with Crippen LogP contribution < -0.4 is 5.32 Å². The Kier molecular flexibility index (Phi) is 2.21. The molecule has 0 aliphatic carbocycles. The van der Waals surface area contributed by atoms with Gasteiger partial charge in [-0.3, -0.25) is 5.10 Å². The summed E-state index contributed by atoms with van der Waals surface area (Å²) < 4.78 is 14.3. The molecule has 0 aromatic carbocycles. The van der Waals surface area contributed by atoms with Crippen LogP contribution in [-0.4, -0.2) is 24.8 Å². The Balaban J connectivity index is 1.81. The fourth-order valence-corrected chi connectivity index (χ4v) is 1.49. The maximum atomic E-state index is 12.9. The highest BCUT2D eigenvalue weighted by Gasteiger charge is 2.03. The summed E-state index contributed by atoms with van der Waals surface area (Å²) in [6.45, 7) is 0.541. The first kappa shape index (κ1) is 9.76. The van der Waals surface area contributed by atoms with Gasteiger partial charge in [0.05, 0.1) is 18.4 Å². The van der Waals surface area contributed by atoms with Crippen LogP contribution in [0.5, 0.6) is 0 Å². The molecule has 17 heavy (non-hydrogen) atoms. The second-order valence-electron chi connectivity index (χ2n) is 3.52. The molecule has 0 amide bonds. The number of aromatic amines is 1. The molecule has 6 nitrogen and oxygen atoms in total. The third-order valence-corrected chi connectivity index (χ3v) is 2.29. The van der Waals surface area contributed by atoms with Crippen LogP contribution in [0.4, 0.5) is 10.3 Å². The highest BCUT2D eigenvalue weighted by atomic mass is 19.1. The van der Waals surface area contributed by atoms with Crippen molar-refractivity contribution in [1.82, 2.24) is 24.8 Å². The summed E-state index contributed by atoms with van der Waals surface area (Å²) in [5, 5.41) is 13.8. The zero-order chi connectivity index (χ0) is 11.7. The maximum absolute atomic E-state index is 12.9. The summed E-state index contributed by atoms with van der Waals surface area (Å²) >= 11 is 0. The van der Waals surface area contributed by atoms with E-state index in [9.17, 15) is 4.39 Å². The first-order valence-corrected chi connectivity index (χ1v) is 5.05. The number of hydrogen-bond acceptors (Lipinski definition) is 4. The summed E-state index contributed by atoms with van der Waals surface area (Å²) in [5.74, 6) is 0.104. The van der Waals surface area contributed by atoms with Gasteiger partial charge in [0.25, 0.3) is 0 Å². The molecule has 0 atom stereocenters. The van der Waals surface area contributed by atoms with E-state index in [0.29, 0.717) is 18.1 Å². The minimum absolute atomic E-state index is 0.345. The fourth-order valence-electron chi connectivity index (χ4n) is 1.49. The number of fused-ring (bicyclic) bond motifs is 1. The van der Waals surface area contributed by atoms with Gasteiger partial charge in [0.15, 0.2) is 5.65 Å². The lowest BCUT2D eigenvalue weighted by Crippen LogP contribution is -2.01. The van der Waals surface area contributed by atoms with Gasteiger partial charge in [-0.1, -0.05) is 0 Å². The van der Waals surface area contributed by atoms with E-state index >= 15 is 0 Å². The zero-order valence-electron chi connectivity index (χ0n) is 8.76. The van der Waals surface area contributed by atoms with Crippen molar-refractivity contribution in [3.8, 4) is 0 Å². The van der Waals surface area contributed by atoms with Gasteiger partial charge in [0, 0.05) is 6.20 Å². The van der Waals surface area contributed by atoms with Crippen LogP contribution in [0.2, 0.25) is 0 Å². The Morgan fingerprint density at radius 2 is 2.29 bits per heavy atom. The molecule has 0 fully saturated rings. The molecule has 3 aromatic heterocycles. The van der Waals surface area contributed by atoms with Crippen LogP contribution in [-0.2, 0) is 6.54 Å². The van der Waals surface area contributed by atoms with Crippen molar-refractivity contribution >= 4 is 11.6 Å². The van der Waals surface area contributed by atoms with Crippen molar-refractivity contribution < 1.29 is 4.39 Å². The Bertz CT molecular complexity index is 629. The second-order valence-corrected chi connectivity index (χ2v) is 3.52. The van der Waals surface area contributed by atoms with Crippen molar-refractivity contribution in [2.24, 2.45) is 0 Å². The van der Waals surface area contributed by atoms with Gasteiger partial charge in [-0.25, -0.2) is 8.91 Å². The van der Waals surface area contributed by atoms with Gasteiger partial charge in [-0.15, -0.1) is 5.10 Å². The van der Waals surface area contributed by atoms with Gasteiger partial charge in [-0.05, 0) is 18.2 Å². The Morgan fingerprint density at radius 3 is 3.12 bits per heavy atom. The fraction of sp³-hybridized carbons (Fsp3) is 0.100. The molecule has 86 valence electrons. The average Bonchev–Trinajstić information content (AvgIpc) is 2.94. The number of rotatable bonds is 3. The molecule has 0 saturated heterocycles. The molecule has 0 unspecified atom stereocenters. The van der Waals surface area contributed by atoms with Gasteiger partial charge >= 0.3 is 0 Å². The molecule has 3 rings (SSSR count). The lowest BCUT2D eigenvalue weighted by Gasteiger charge is -1.96. The molecular formula is C10H9FN6. The zero-order valence-corrected chi connectivity index (χ0v) is 8.76. The Labute approximate surface area is 95.5 Å². The summed E-state index contributed by atoms with van der Waals surface area (Å²) in [7, 11) is 0. The van der Waals surface area contributed by atoms with Gasteiger partial charge in [-0.2, -0.15) is 10.1 Å². The second kappa shape index (κ2) is 3.85. The number of halogens is 1. The van der Waals surface area contributed by atoms with Gasteiger partial charge in [0.2, 0.25) is 5.95 Å². The van der Waals surface area contributed by atoms with E-state index < -0.39 is 0 Å². The van der Waals surface area contributed by atoms with Crippen LogP contribution in [0.1, 0.15) is 5.69 Å². The van der Waals surface area contributed by atoms with Crippen molar-refractivity contribution in [1.29, 1.82) is 0 Å². The number of nitrogens with one attached hydrogen (secondary N) is 2. The number of H-pyrrole nitrogens is 1. The normalized spacial score (nSPS) is 10.9. The molecule has 0 bridgehead atoms. The van der Waals surface area contributed by atoms with E-state index in [-0.39, 0.29) is 5.82 Å². The van der Waals surface area contributed by atoms with E-state index in [1.165, 1.54) is 16.8 Å². The first-order valence-electron chi connectivity index (χ1n) is 5.05. The molecule has 0 saturated carbocycles. The SMILES string of the molecule is Fc1ccc2nc(NCc3ccn[nH]3)nn2c1. The summed E-state index contributed by atoms with van der Waals surface area (Å²) in [4.78, 5) is 4.19. The van der Waals surface area contributed by atoms with Gasteiger partial charge in [0.1, 0.15) is 5.82 Å². The van der Waals surface area contributed by atoms with E-state index in [1.807, 2.05) is 6.07 Å². The van der Waals surface area contributed by atoms with Crippen LogP contribution in [0.25, 0.3) is 5.65 Å². The molecule has 7 heteroatoms. The third kappa shape index (κ3) is 1.94. The standard InChI is InChI=1S/C10H9FN6/c11-7-1-2-9-14-10(16-17(9)6-7)12-5-8-3-4-13-15-8/h1-4,6H,5H2,(H,12,16)(H,13,15). The number of anilines is 1. The molecule has 2 N–H and O–H groups in total. The van der Waals surface area contributed by atoms with E-state index in [0.717, 1.165) is 5.69 Å². The van der Waals surface area contributed by atoms with E-state index in [1.54, 1.807) is 12.3 Å². The minimum Gasteiger partial charge on any atom is -0.347 e. The van der Waals surface area contributed by atoms with Crippen molar-refractivity contribution in [2.45, 2.75) is 6.54 Å². The molecular weight excluding hydrogens is 223 g/mol. The quantitative estimate of drug-likeness (QED) is 0.712. The Morgan fingerprint density at radius 1 is 1.35 bits per heavy atom. The van der Waals surface area contributed by atoms with Gasteiger partial charge < -0.3 is 5.32 Å². The number of nitrogens with zero attached hydrogens (tertiary/aromatic N) is 4. The number of hydrogen-bond donors (Lipinski definition) is 2. The monoisotopic (exact) mass is 232 g/mol. The smallest absolute Gasteiger partial charge is 0.243 e. The molecule has 3 aromatic rings. The van der Waals surface area contributed by atoms with E-state index in [2.05, 4.69) is 25.6 Å². The Hall–Kier alpha value is -2.44. The predicted octanol–water partition coefficient (Wildman–Crippen LogP) is 1.20. The topological polar surface area (TPSA) is 70.9 Å². The predicted molar refractivity (Wildman–Crippen MR) is 58.9 cm³/mol. The molecule has 0 aliphatic rings. The minimum atomic E-state index is -0.345. The largest absolute Gasteiger partial charge is 0.347 e. The van der Waals surface area contributed by atoms with Crippen LogP contribution in [0, 0.1) is 5.82 Å². The number of pyridine rings is 1. The molecule has 0 radical (unpaired) electrons. The molecule has 0 spiro atoms. The summed E-state index contributed by atoms with van der Waals surface area (Å²) in [6, 6.07) is 4.77. The number of aromatic nitrogens is 5. The summed E-state index contributed by atoms with van der Waals surface area (Å²) in [6.07, 6.45) is 2.95. The lowest BCUT2D eigenvalue weighted by molar-refractivity contribution is 0.615. The van der Waals surface area contributed by atoms with Crippen LogP contribution >= 0.6 is 0 Å². The van der Waals surface area contributed by atoms with Crippen LogP contribution in [0.3, 0.4) is 0 Å². The first-order chi connectivity index (χ1) is 8.31. The average molecular weight is 232 g/mol. The van der Waals surface area contributed by atoms with Crippen molar-refractivity contribution in [2.75, 3.05) is 5.32 Å². The highest BCUT2D eigenvalue weighted by molar-refractivity contribution is 5.43. The maximum Gasteiger partial charge on any atom is 0.243 e. The molecule has 3 heterocycles. The van der Waals surface area contributed by atoms with Crippen LogP contribution in [0.15, 0.2) is 30.6 Å².